The first-order valence-electron chi connectivity index (χ1n) is 7.89. The smallest absolute Gasteiger partial charge is 0.130 e. The van der Waals surface area contributed by atoms with Gasteiger partial charge in [-0.1, -0.05) is 6.92 Å². The van der Waals surface area contributed by atoms with Crippen LogP contribution < -0.4 is 4.74 Å². The molecule has 3 nitrogen and oxygen atoms in total. The second-order valence-corrected chi connectivity index (χ2v) is 7.82. The minimum atomic E-state index is 0.837. The van der Waals surface area contributed by atoms with E-state index in [2.05, 4.69) is 74.4 Å². The van der Waals surface area contributed by atoms with E-state index in [0.717, 1.165) is 49.3 Å². The SMILES string of the molecule is CCCN(C)C=Nc1cc(C)c(Oc2ccc(Br)c(I)c2)cc1C. The summed E-state index contributed by atoms with van der Waals surface area (Å²) in [6.07, 6.45) is 3.00. The van der Waals surface area contributed by atoms with Gasteiger partial charge in [0.15, 0.2) is 0 Å². The Labute approximate surface area is 166 Å². The van der Waals surface area contributed by atoms with Gasteiger partial charge in [-0.3, -0.25) is 0 Å². The van der Waals surface area contributed by atoms with Crippen LogP contribution in [0.5, 0.6) is 11.5 Å². The van der Waals surface area contributed by atoms with Crippen molar-refractivity contribution in [3.05, 3.63) is 49.5 Å². The minimum Gasteiger partial charge on any atom is -0.457 e. The van der Waals surface area contributed by atoms with Crippen molar-refractivity contribution in [3.63, 3.8) is 0 Å². The van der Waals surface area contributed by atoms with Gasteiger partial charge in [-0.25, -0.2) is 4.99 Å². The fourth-order valence-corrected chi connectivity index (χ4v) is 3.00. The molecule has 0 heterocycles. The Morgan fingerprint density at radius 2 is 1.96 bits per heavy atom. The van der Waals surface area contributed by atoms with Crippen molar-refractivity contribution in [1.82, 2.24) is 4.90 Å². The average Bonchev–Trinajstić information content (AvgIpc) is 2.53. The molecular weight excluding hydrogens is 479 g/mol. The number of nitrogens with zero attached hydrogens (tertiary/aromatic N) is 2. The van der Waals surface area contributed by atoms with Crippen molar-refractivity contribution in [1.29, 1.82) is 0 Å². The van der Waals surface area contributed by atoms with Crippen molar-refractivity contribution in [2.45, 2.75) is 27.2 Å². The molecular formula is C19H22BrIN2O. The number of ether oxygens (including phenoxy) is 1. The van der Waals surface area contributed by atoms with Crippen LogP contribution in [-0.4, -0.2) is 24.8 Å². The maximum atomic E-state index is 6.06. The van der Waals surface area contributed by atoms with Gasteiger partial charge in [-0.2, -0.15) is 0 Å². The summed E-state index contributed by atoms with van der Waals surface area (Å²) in [4.78, 5) is 6.70. The van der Waals surface area contributed by atoms with E-state index in [1.165, 1.54) is 0 Å². The van der Waals surface area contributed by atoms with Gasteiger partial charge in [-0.15, -0.1) is 0 Å². The molecule has 0 amide bonds. The Morgan fingerprint density at radius 1 is 1.21 bits per heavy atom. The van der Waals surface area contributed by atoms with E-state index in [-0.39, 0.29) is 0 Å². The Hall–Kier alpha value is -1.08. The molecule has 0 aliphatic heterocycles. The third-order valence-corrected chi connectivity index (χ3v) is 5.91. The first-order chi connectivity index (χ1) is 11.4. The van der Waals surface area contributed by atoms with Crippen LogP contribution >= 0.6 is 38.5 Å². The van der Waals surface area contributed by atoms with Crippen LogP contribution in [0, 0.1) is 17.4 Å². The highest BCUT2D eigenvalue weighted by molar-refractivity contribution is 14.1. The quantitative estimate of drug-likeness (QED) is 0.258. The average molecular weight is 501 g/mol. The zero-order chi connectivity index (χ0) is 17.7. The van der Waals surface area contributed by atoms with Crippen LogP contribution in [0.4, 0.5) is 5.69 Å². The number of aryl methyl sites for hydroxylation is 2. The zero-order valence-corrected chi connectivity index (χ0v) is 18.2. The maximum Gasteiger partial charge on any atom is 0.130 e. The minimum absolute atomic E-state index is 0.837. The summed E-state index contributed by atoms with van der Waals surface area (Å²) in [5, 5.41) is 0. The highest BCUT2D eigenvalue weighted by atomic mass is 127. The van der Waals surface area contributed by atoms with E-state index < -0.39 is 0 Å². The molecule has 0 spiro atoms. The van der Waals surface area contributed by atoms with Crippen molar-refractivity contribution >= 4 is 50.5 Å². The van der Waals surface area contributed by atoms with E-state index in [1.54, 1.807) is 0 Å². The van der Waals surface area contributed by atoms with E-state index in [9.17, 15) is 0 Å². The number of hydrogen-bond donors (Lipinski definition) is 0. The van der Waals surface area contributed by atoms with Crippen LogP contribution in [0.15, 0.2) is 39.8 Å². The predicted octanol–water partition coefficient (Wildman–Crippen LogP) is 6.46. The summed E-state index contributed by atoms with van der Waals surface area (Å²) in [6, 6.07) is 10.1. The van der Waals surface area contributed by atoms with Crippen LogP contribution in [0.1, 0.15) is 24.5 Å². The molecule has 5 heteroatoms. The summed E-state index contributed by atoms with van der Waals surface area (Å²) >= 11 is 5.79. The lowest BCUT2D eigenvalue weighted by Crippen LogP contribution is -2.16. The number of rotatable bonds is 6. The third-order valence-electron chi connectivity index (χ3n) is 3.58. The molecule has 0 N–H and O–H groups in total. The molecule has 0 saturated heterocycles. The van der Waals surface area contributed by atoms with E-state index in [1.807, 2.05) is 38.5 Å². The normalized spacial score (nSPS) is 11.1. The summed E-state index contributed by atoms with van der Waals surface area (Å²) < 4.78 is 8.26. The van der Waals surface area contributed by atoms with Crippen LogP contribution in [0.25, 0.3) is 0 Å². The molecule has 0 radical (unpaired) electrons. The molecule has 0 atom stereocenters. The molecule has 2 rings (SSSR count). The molecule has 2 aromatic carbocycles. The highest BCUT2D eigenvalue weighted by Gasteiger charge is 2.07. The predicted molar refractivity (Wildman–Crippen MR) is 114 cm³/mol. The molecule has 0 fully saturated rings. The second kappa shape index (κ2) is 8.85. The molecule has 0 bridgehead atoms. The standard InChI is InChI=1S/C19H22BrIN2O/c1-5-8-23(4)12-22-18-9-14(3)19(10-13(18)2)24-15-6-7-16(20)17(21)11-15/h6-7,9-12H,5,8H2,1-4H3. The number of benzene rings is 2. The van der Waals surface area contributed by atoms with Crippen molar-refractivity contribution in [3.8, 4) is 11.5 Å². The Balaban J connectivity index is 2.21. The molecule has 0 saturated carbocycles. The van der Waals surface area contributed by atoms with Crippen LogP contribution in [-0.2, 0) is 0 Å². The maximum absolute atomic E-state index is 6.06. The largest absolute Gasteiger partial charge is 0.457 e. The fourth-order valence-electron chi connectivity index (χ4n) is 2.26. The Kier molecular flexibility index (Phi) is 7.10. The molecule has 0 aromatic heterocycles. The van der Waals surface area contributed by atoms with E-state index in [4.69, 9.17) is 4.74 Å². The monoisotopic (exact) mass is 500 g/mol. The van der Waals surface area contributed by atoms with E-state index in [0.29, 0.717) is 0 Å². The Bertz CT molecular complexity index is 746. The topological polar surface area (TPSA) is 24.8 Å². The van der Waals surface area contributed by atoms with E-state index >= 15 is 0 Å². The van der Waals surface area contributed by atoms with Gasteiger partial charge in [0.25, 0.3) is 0 Å². The van der Waals surface area contributed by atoms with Gasteiger partial charge in [-0.05, 0) is 100 Å². The van der Waals surface area contributed by atoms with Gasteiger partial charge >= 0.3 is 0 Å². The summed E-state index contributed by atoms with van der Waals surface area (Å²) in [6.45, 7) is 7.28. The van der Waals surface area contributed by atoms with Gasteiger partial charge in [0.05, 0.1) is 12.0 Å². The van der Waals surface area contributed by atoms with Crippen molar-refractivity contribution < 1.29 is 4.74 Å². The molecule has 24 heavy (non-hydrogen) atoms. The first kappa shape index (κ1) is 19.2. The number of aliphatic imine (C=N–C) groups is 1. The van der Waals surface area contributed by atoms with Crippen molar-refractivity contribution in [2.24, 2.45) is 4.99 Å². The second-order valence-electron chi connectivity index (χ2n) is 5.81. The van der Waals surface area contributed by atoms with Gasteiger partial charge in [0.1, 0.15) is 11.5 Å². The summed E-state index contributed by atoms with van der Waals surface area (Å²) in [7, 11) is 2.04. The molecule has 128 valence electrons. The van der Waals surface area contributed by atoms with Gasteiger partial charge in [0.2, 0.25) is 0 Å². The lowest BCUT2D eigenvalue weighted by atomic mass is 10.1. The lowest BCUT2D eigenvalue weighted by Gasteiger charge is -2.13. The van der Waals surface area contributed by atoms with Crippen LogP contribution in [0.3, 0.4) is 0 Å². The first-order valence-corrected chi connectivity index (χ1v) is 9.76. The summed E-state index contributed by atoms with van der Waals surface area (Å²) in [5.74, 6) is 1.70. The van der Waals surface area contributed by atoms with Gasteiger partial charge in [0, 0.05) is 21.6 Å². The van der Waals surface area contributed by atoms with Gasteiger partial charge < -0.3 is 9.64 Å². The third kappa shape index (κ3) is 5.21. The zero-order valence-electron chi connectivity index (χ0n) is 14.4. The van der Waals surface area contributed by atoms with Crippen molar-refractivity contribution in [2.75, 3.05) is 13.6 Å². The molecule has 0 aliphatic rings. The Morgan fingerprint density at radius 3 is 2.62 bits per heavy atom. The highest BCUT2D eigenvalue weighted by Crippen LogP contribution is 2.33. The summed E-state index contributed by atoms with van der Waals surface area (Å²) in [5.41, 5.74) is 3.15. The molecule has 0 unspecified atom stereocenters. The lowest BCUT2D eigenvalue weighted by molar-refractivity contribution is 0.478. The fraction of sp³-hybridized carbons (Fsp3) is 0.316. The molecule has 0 aliphatic carbocycles. The number of halogens is 2. The molecule has 2 aromatic rings. The number of hydrogen-bond acceptors (Lipinski definition) is 2. The van der Waals surface area contributed by atoms with Crippen LogP contribution in [0.2, 0.25) is 0 Å².